The quantitative estimate of drug-likeness (QED) is 0.740. The molecule has 0 saturated carbocycles. The zero-order chi connectivity index (χ0) is 15.5. The molecule has 0 spiro atoms. The number of hydrogen-bond acceptors (Lipinski definition) is 0. The largest absolute Gasteiger partial charge is 0.338 e. The van der Waals surface area contributed by atoms with Gasteiger partial charge in [-0.2, -0.15) is 0 Å². The Morgan fingerprint density at radius 3 is 2.68 bits per heavy atom. The Kier molecular flexibility index (Phi) is 5.00. The van der Waals surface area contributed by atoms with Crippen LogP contribution in [0.2, 0.25) is 0 Å². The SMILES string of the molecule is C=C[C@H]1C[NH+]2CC[C@H]1C[C@@H]2C[NH2+]Cc1ccc(C(C)C)cc1. The van der Waals surface area contributed by atoms with Crippen molar-refractivity contribution in [3.63, 3.8) is 0 Å². The molecule has 1 unspecified atom stereocenters. The van der Waals surface area contributed by atoms with Gasteiger partial charge in [-0.15, -0.1) is 6.58 Å². The summed E-state index contributed by atoms with van der Waals surface area (Å²) in [4.78, 5) is 1.83. The maximum Gasteiger partial charge on any atom is 0.137 e. The summed E-state index contributed by atoms with van der Waals surface area (Å²) in [7, 11) is 0. The lowest BCUT2D eigenvalue weighted by atomic mass is 9.75. The van der Waals surface area contributed by atoms with Gasteiger partial charge in [0, 0.05) is 24.3 Å². The van der Waals surface area contributed by atoms with Gasteiger partial charge >= 0.3 is 0 Å². The van der Waals surface area contributed by atoms with Crippen molar-refractivity contribution >= 4 is 0 Å². The van der Waals surface area contributed by atoms with Crippen LogP contribution in [-0.2, 0) is 6.54 Å². The summed E-state index contributed by atoms with van der Waals surface area (Å²) in [6.45, 7) is 13.7. The van der Waals surface area contributed by atoms with E-state index in [1.54, 1.807) is 0 Å². The smallest absolute Gasteiger partial charge is 0.137 e. The molecular weight excluding hydrogens is 268 g/mol. The molecule has 3 fully saturated rings. The van der Waals surface area contributed by atoms with E-state index >= 15 is 0 Å². The Morgan fingerprint density at radius 2 is 2.09 bits per heavy atom. The molecule has 1 aromatic carbocycles. The molecular formula is C20H32N2+2. The van der Waals surface area contributed by atoms with Crippen molar-refractivity contribution in [2.45, 2.75) is 45.2 Å². The zero-order valence-electron chi connectivity index (χ0n) is 14.2. The van der Waals surface area contributed by atoms with Gasteiger partial charge in [0.05, 0.1) is 13.1 Å². The molecule has 2 nitrogen and oxygen atoms in total. The zero-order valence-corrected chi connectivity index (χ0v) is 14.2. The summed E-state index contributed by atoms with van der Waals surface area (Å²) in [5, 5.41) is 2.52. The molecule has 0 radical (unpaired) electrons. The second kappa shape index (κ2) is 6.97. The first-order valence-electron chi connectivity index (χ1n) is 9.05. The van der Waals surface area contributed by atoms with Crippen LogP contribution in [0, 0.1) is 11.8 Å². The summed E-state index contributed by atoms with van der Waals surface area (Å²) in [5.74, 6) is 2.33. The normalized spacial score (nSPS) is 30.7. The third-order valence-electron chi connectivity index (χ3n) is 5.88. The average molecular weight is 300 g/mol. The molecule has 2 heteroatoms. The Bertz CT molecular complexity index is 491. The predicted octanol–water partition coefficient (Wildman–Crippen LogP) is 1.35. The van der Waals surface area contributed by atoms with Gasteiger partial charge < -0.3 is 10.2 Å². The first-order chi connectivity index (χ1) is 10.7. The van der Waals surface area contributed by atoms with Crippen molar-refractivity contribution < 1.29 is 10.2 Å². The Hall–Kier alpha value is -1.12. The van der Waals surface area contributed by atoms with Gasteiger partial charge in [0.1, 0.15) is 19.1 Å². The molecule has 0 aliphatic carbocycles. The average Bonchev–Trinajstić information content (AvgIpc) is 2.56. The van der Waals surface area contributed by atoms with Crippen LogP contribution in [0.3, 0.4) is 0 Å². The van der Waals surface area contributed by atoms with Crippen LogP contribution in [0.15, 0.2) is 36.9 Å². The fourth-order valence-electron chi connectivity index (χ4n) is 4.38. The predicted molar refractivity (Wildman–Crippen MR) is 91.9 cm³/mol. The van der Waals surface area contributed by atoms with Crippen molar-refractivity contribution in [1.29, 1.82) is 0 Å². The summed E-state index contributed by atoms with van der Waals surface area (Å²) >= 11 is 0. The third-order valence-corrected chi connectivity index (χ3v) is 5.88. The summed E-state index contributed by atoms with van der Waals surface area (Å²) in [5.41, 5.74) is 2.90. The van der Waals surface area contributed by atoms with Crippen LogP contribution in [0.4, 0.5) is 0 Å². The number of quaternary nitrogens is 2. The van der Waals surface area contributed by atoms with E-state index < -0.39 is 0 Å². The standard InChI is InChI=1S/C20H30N2/c1-4-17-14-22-10-9-19(17)11-20(22)13-21-12-16-5-7-18(8-6-16)15(2)3/h4-8,15,17,19-21H,1,9-14H2,2-3H3/p+2/t17-,19-,20+/m0/s1. The van der Waals surface area contributed by atoms with E-state index in [-0.39, 0.29) is 0 Å². The fraction of sp³-hybridized carbons (Fsp3) is 0.600. The molecule has 3 saturated heterocycles. The van der Waals surface area contributed by atoms with Crippen LogP contribution in [0.5, 0.6) is 0 Å². The molecule has 3 aliphatic rings. The molecule has 3 aliphatic heterocycles. The van der Waals surface area contributed by atoms with Gasteiger partial charge in [-0.25, -0.2) is 0 Å². The summed E-state index contributed by atoms with van der Waals surface area (Å²) in [6.07, 6.45) is 5.04. The minimum absolute atomic E-state index is 0.630. The molecule has 0 aromatic heterocycles. The van der Waals surface area contributed by atoms with Crippen molar-refractivity contribution in [3.8, 4) is 0 Å². The number of benzene rings is 1. The fourth-order valence-corrected chi connectivity index (χ4v) is 4.38. The Labute approximate surface area is 135 Å². The molecule has 4 atom stereocenters. The van der Waals surface area contributed by atoms with Crippen molar-refractivity contribution in [2.24, 2.45) is 11.8 Å². The molecule has 3 heterocycles. The summed E-state index contributed by atoms with van der Waals surface area (Å²) < 4.78 is 0. The van der Waals surface area contributed by atoms with E-state index in [0.29, 0.717) is 5.92 Å². The van der Waals surface area contributed by atoms with Gasteiger partial charge in [0.2, 0.25) is 0 Å². The Morgan fingerprint density at radius 1 is 1.32 bits per heavy atom. The highest BCUT2D eigenvalue weighted by Gasteiger charge is 2.42. The van der Waals surface area contributed by atoms with Crippen LogP contribution >= 0.6 is 0 Å². The molecule has 4 rings (SSSR count). The molecule has 120 valence electrons. The van der Waals surface area contributed by atoms with Crippen LogP contribution in [0.25, 0.3) is 0 Å². The summed E-state index contributed by atoms with van der Waals surface area (Å²) in [6, 6.07) is 10.1. The van der Waals surface area contributed by atoms with E-state index in [2.05, 4.69) is 56.1 Å². The second-order valence-electron chi connectivity index (χ2n) is 7.62. The monoisotopic (exact) mass is 300 g/mol. The van der Waals surface area contributed by atoms with E-state index in [0.717, 1.165) is 24.4 Å². The van der Waals surface area contributed by atoms with Gasteiger partial charge in [-0.1, -0.05) is 44.2 Å². The van der Waals surface area contributed by atoms with E-state index in [4.69, 9.17) is 0 Å². The topological polar surface area (TPSA) is 21.1 Å². The second-order valence-corrected chi connectivity index (χ2v) is 7.62. The first-order valence-corrected chi connectivity index (χ1v) is 9.05. The number of rotatable bonds is 6. The first kappa shape index (κ1) is 15.8. The van der Waals surface area contributed by atoms with E-state index in [1.165, 1.54) is 43.6 Å². The maximum atomic E-state index is 4.03. The molecule has 0 amide bonds. The number of piperidine rings is 3. The molecule has 22 heavy (non-hydrogen) atoms. The van der Waals surface area contributed by atoms with Crippen molar-refractivity contribution in [3.05, 3.63) is 48.0 Å². The number of nitrogens with one attached hydrogen (secondary N) is 1. The van der Waals surface area contributed by atoms with Crippen LogP contribution < -0.4 is 10.2 Å². The van der Waals surface area contributed by atoms with Gasteiger partial charge in [0.25, 0.3) is 0 Å². The van der Waals surface area contributed by atoms with Crippen LogP contribution in [-0.4, -0.2) is 25.7 Å². The molecule has 1 aromatic rings. The lowest BCUT2D eigenvalue weighted by Gasteiger charge is -2.45. The lowest BCUT2D eigenvalue weighted by Crippen LogP contribution is -3.21. The highest BCUT2D eigenvalue weighted by atomic mass is 15.2. The highest BCUT2D eigenvalue weighted by molar-refractivity contribution is 5.23. The number of hydrogen-bond donors (Lipinski definition) is 2. The van der Waals surface area contributed by atoms with Gasteiger partial charge in [-0.05, 0) is 17.4 Å². The number of nitrogens with two attached hydrogens (primary N) is 1. The minimum atomic E-state index is 0.630. The van der Waals surface area contributed by atoms with Crippen LogP contribution in [0.1, 0.15) is 43.7 Å². The minimum Gasteiger partial charge on any atom is -0.338 e. The third kappa shape index (κ3) is 3.44. The van der Waals surface area contributed by atoms with Crippen molar-refractivity contribution in [2.75, 3.05) is 19.6 Å². The van der Waals surface area contributed by atoms with Gasteiger partial charge in [-0.3, -0.25) is 0 Å². The molecule has 2 bridgehead atoms. The van der Waals surface area contributed by atoms with E-state index in [9.17, 15) is 0 Å². The number of fused-ring (bicyclic) bond motifs is 3. The molecule has 3 N–H and O–H groups in total. The van der Waals surface area contributed by atoms with E-state index in [1.807, 2.05) is 4.90 Å². The van der Waals surface area contributed by atoms with Crippen molar-refractivity contribution in [1.82, 2.24) is 0 Å². The lowest BCUT2D eigenvalue weighted by molar-refractivity contribution is -0.958. The Balaban J connectivity index is 1.46. The highest BCUT2D eigenvalue weighted by Crippen LogP contribution is 2.26. The van der Waals surface area contributed by atoms with Gasteiger partial charge in [0.15, 0.2) is 0 Å². The maximum absolute atomic E-state index is 4.03.